The van der Waals surface area contributed by atoms with Gasteiger partial charge in [-0.3, -0.25) is 14.7 Å². The zero-order valence-electron chi connectivity index (χ0n) is 13.3. The van der Waals surface area contributed by atoms with Gasteiger partial charge in [-0.15, -0.1) is 0 Å². The van der Waals surface area contributed by atoms with Crippen molar-refractivity contribution in [2.24, 2.45) is 0 Å². The number of aryl methyl sites for hydroxylation is 1. The van der Waals surface area contributed by atoms with E-state index in [4.69, 9.17) is 11.6 Å². The summed E-state index contributed by atoms with van der Waals surface area (Å²) in [5.41, 5.74) is 2.06. The van der Waals surface area contributed by atoms with Gasteiger partial charge in [0.25, 0.3) is 5.91 Å². The summed E-state index contributed by atoms with van der Waals surface area (Å²) in [4.78, 5) is 23.5. The van der Waals surface area contributed by atoms with Gasteiger partial charge in [0.2, 0.25) is 0 Å². The summed E-state index contributed by atoms with van der Waals surface area (Å²) in [7, 11) is 0. The second kappa shape index (κ2) is 6.87. The van der Waals surface area contributed by atoms with Crippen molar-refractivity contribution >= 4 is 50.2 Å². The Bertz CT molecular complexity index is 912. The van der Waals surface area contributed by atoms with Crippen LogP contribution in [0.3, 0.4) is 0 Å². The van der Waals surface area contributed by atoms with Crippen molar-refractivity contribution in [1.82, 2.24) is 9.97 Å². The topological polar surface area (TPSA) is 46.1 Å². The fourth-order valence-corrected chi connectivity index (χ4v) is 2.96. The summed E-state index contributed by atoms with van der Waals surface area (Å²) in [6, 6.07) is 11.0. The van der Waals surface area contributed by atoms with Crippen molar-refractivity contribution in [3.8, 4) is 0 Å². The molecule has 0 aliphatic carbocycles. The Hall–Kier alpha value is -1.98. The highest BCUT2D eigenvalue weighted by Crippen LogP contribution is 2.23. The zero-order chi connectivity index (χ0) is 17.3. The first-order chi connectivity index (χ1) is 11.5. The third kappa shape index (κ3) is 3.28. The molecule has 0 atom stereocenters. The Morgan fingerprint density at radius 2 is 2.04 bits per heavy atom. The van der Waals surface area contributed by atoms with Crippen molar-refractivity contribution < 1.29 is 4.79 Å². The lowest BCUT2D eigenvalue weighted by Crippen LogP contribution is -2.32. The van der Waals surface area contributed by atoms with Crippen LogP contribution in [0.2, 0.25) is 5.02 Å². The van der Waals surface area contributed by atoms with Crippen LogP contribution in [-0.4, -0.2) is 22.4 Å². The standard InChI is InChI=1S/C18H15BrClN3O/c1-3-23(17-7-4-13(19)10-21-17)18(24)15-9-12-8-14(20)5-6-16(12)22-11(15)2/h4-10H,3H2,1-2H3. The second-order valence-electron chi connectivity index (χ2n) is 5.34. The van der Waals surface area contributed by atoms with Crippen molar-refractivity contribution in [3.63, 3.8) is 0 Å². The van der Waals surface area contributed by atoms with Gasteiger partial charge in [-0.1, -0.05) is 11.6 Å². The lowest BCUT2D eigenvalue weighted by Gasteiger charge is -2.21. The number of fused-ring (bicyclic) bond motifs is 1. The lowest BCUT2D eigenvalue weighted by molar-refractivity contribution is 0.0986. The number of anilines is 1. The van der Waals surface area contributed by atoms with Crippen LogP contribution in [0.15, 0.2) is 47.1 Å². The first-order valence-electron chi connectivity index (χ1n) is 7.50. The van der Waals surface area contributed by atoms with Gasteiger partial charge < -0.3 is 0 Å². The molecule has 6 heteroatoms. The Morgan fingerprint density at radius 3 is 2.71 bits per heavy atom. The molecular formula is C18H15BrClN3O. The molecule has 1 aromatic carbocycles. The lowest BCUT2D eigenvalue weighted by atomic mass is 10.1. The molecule has 24 heavy (non-hydrogen) atoms. The van der Waals surface area contributed by atoms with Gasteiger partial charge in [0, 0.05) is 27.6 Å². The third-order valence-corrected chi connectivity index (χ3v) is 4.45. The van der Waals surface area contributed by atoms with Gasteiger partial charge in [0.15, 0.2) is 0 Å². The highest BCUT2D eigenvalue weighted by Gasteiger charge is 2.20. The van der Waals surface area contributed by atoms with E-state index in [0.29, 0.717) is 28.6 Å². The van der Waals surface area contributed by atoms with E-state index in [0.717, 1.165) is 15.4 Å². The van der Waals surface area contributed by atoms with Crippen LogP contribution >= 0.6 is 27.5 Å². The molecule has 122 valence electrons. The number of halogens is 2. The molecule has 2 aromatic heterocycles. The van der Waals surface area contributed by atoms with Crippen LogP contribution in [0.1, 0.15) is 23.0 Å². The number of carbonyl (C=O) groups is 1. The molecule has 2 heterocycles. The van der Waals surface area contributed by atoms with Gasteiger partial charge >= 0.3 is 0 Å². The number of pyridine rings is 2. The first-order valence-corrected chi connectivity index (χ1v) is 8.67. The molecule has 0 aliphatic rings. The number of benzene rings is 1. The Labute approximate surface area is 153 Å². The molecule has 3 aromatic rings. The highest BCUT2D eigenvalue weighted by atomic mass is 79.9. The minimum Gasteiger partial charge on any atom is -0.293 e. The van der Waals surface area contributed by atoms with Gasteiger partial charge in [-0.25, -0.2) is 4.98 Å². The maximum absolute atomic E-state index is 13.0. The maximum Gasteiger partial charge on any atom is 0.261 e. The molecular weight excluding hydrogens is 390 g/mol. The molecule has 3 rings (SSSR count). The molecule has 0 radical (unpaired) electrons. The molecule has 4 nitrogen and oxygen atoms in total. The number of hydrogen-bond acceptors (Lipinski definition) is 3. The molecule has 0 spiro atoms. The molecule has 0 unspecified atom stereocenters. The summed E-state index contributed by atoms with van der Waals surface area (Å²) in [6.07, 6.45) is 1.68. The third-order valence-electron chi connectivity index (χ3n) is 3.75. The normalized spacial score (nSPS) is 10.8. The predicted octanol–water partition coefficient (Wildman–Crippen LogP) is 5.02. The molecule has 0 saturated carbocycles. The van der Waals surface area contributed by atoms with E-state index < -0.39 is 0 Å². The number of nitrogens with zero attached hydrogens (tertiary/aromatic N) is 3. The van der Waals surface area contributed by atoms with E-state index in [2.05, 4.69) is 25.9 Å². The van der Waals surface area contributed by atoms with Crippen LogP contribution in [0, 0.1) is 6.92 Å². The molecule has 0 saturated heterocycles. The average molecular weight is 405 g/mol. The molecule has 0 N–H and O–H groups in total. The van der Waals surface area contributed by atoms with Gasteiger partial charge in [-0.05, 0) is 66.2 Å². The Morgan fingerprint density at radius 1 is 1.25 bits per heavy atom. The Kier molecular flexibility index (Phi) is 4.83. The van der Waals surface area contributed by atoms with Crippen molar-refractivity contribution in [3.05, 3.63) is 63.3 Å². The molecule has 1 amide bonds. The summed E-state index contributed by atoms with van der Waals surface area (Å²) < 4.78 is 0.868. The first kappa shape index (κ1) is 16.9. The number of amides is 1. The molecule has 0 bridgehead atoms. The van der Waals surface area contributed by atoms with E-state index in [-0.39, 0.29) is 5.91 Å². The van der Waals surface area contributed by atoms with E-state index in [1.54, 1.807) is 17.2 Å². The van der Waals surface area contributed by atoms with Crippen LogP contribution < -0.4 is 4.90 Å². The van der Waals surface area contributed by atoms with Crippen molar-refractivity contribution in [1.29, 1.82) is 0 Å². The van der Waals surface area contributed by atoms with E-state index >= 15 is 0 Å². The van der Waals surface area contributed by atoms with E-state index in [1.807, 2.05) is 44.2 Å². The number of aromatic nitrogens is 2. The van der Waals surface area contributed by atoms with Crippen LogP contribution in [0.25, 0.3) is 10.9 Å². The van der Waals surface area contributed by atoms with Gasteiger partial charge in [-0.2, -0.15) is 0 Å². The minimum atomic E-state index is -0.126. The quantitative estimate of drug-likeness (QED) is 0.615. The molecule has 0 aliphatic heterocycles. The van der Waals surface area contributed by atoms with Crippen LogP contribution in [0.4, 0.5) is 5.82 Å². The van der Waals surface area contributed by atoms with Crippen molar-refractivity contribution in [2.45, 2.75) is 13.8 Å². The second-order valence-corrected chi connectivity index (χ2v) is 6.69. The van der Waals surface area contributed by atoms with E-state index in [9.17, 15) is 4.79 Å². The summed E-state index contributed by atoms with van der Waals surface area (Å²) in [5.74, 6) is 0.482. The maximum atomic E-state index is 13.0. The SMILES string of the molecule is CCN(C(=O)c1cc2cc(Cl)ccc2nc1C)c1ccc(Br)cn1. The summed E-state index contributed by atoms with van der Waals surface area (Å²) in [5, 5.41) is 1.46. The number of rotatable bonds is 3. The van der Waals surface area contributed by atoms with Gasteiger partial charge in [0.1, 0.15) is 5.82 Å². The fourth-order valence-electron chi connectivity index (χ4n) is 2.54. The predicted molar refractivity (Wildman–Crippen MR) is 101 cm³/mol. The number of carbonyl (C=O) groups excluding carboxylic acids is 1. The van der Waals surface area contributed by atoms with Crippen LogP contribution in [0.5, 0.6) is 0 Å². The van der Waals surface area contributed by atoms with E-state index in [1.165, 1.54) is 0 Å². The average Bonchev–Trinajstić information content (AvgIpc) is 2.57. The smallest absolute Gasteiger partial charge is 0.261 e. The van der Waals surface area contributed by atoms with Gasteiger partial charge in [0.05, 0.1) is 16.8 Å². The summed E-state index contributed by atoms with van der Waals surface area (Å²) in [6.45, 7) is 4.27. The summed E-state index contributed by atoms with van der Waals surface area (Å²) >= 11 is 9.41. The Balaban J connectivity index is 2.05. The fraction of sp³-hybridized carbons (Fsp3) is 0.167. The molecule has 0 fully saturated rings. The van der Waals surface area contributed by atoms with Crippen molar-refractivity contribution in [2.75, 3.05) is 11.4 Å². The largest absolute Gasteiger partial charge is 0.293 e. The number of hydrogen-bond donors (Lipinski definition) is 0. The highest BCUT2D eigenvalue weighted by molar-refractivity contribution is 9.10. The van der Waals surface area contributed by atoms with Crippen LogP contribution in [-0.2, 0) is 0 Å². The monoisotopic (exact) mass is 403 g/mol. The minimum absolute atomic E-state index is 0.126. The zero-order valence-corrected chi connectivity index (χ0v) is 15.6.